The van der Waals surface area contributed by atoms with Crippen molar-refractivity contribution in [3.8, 4) is 5.75 Å². The van der Waals surface area contributed by atoms with Gasteiger partial charge >= 0.3 is 0 Å². The summed E-state index contributed by atoms with van der Waals surface area (Å²) in [6, 6.07) is 8.21. The molecule has 0 radical (unpaired) electrons. The van der Waals surface area contributed by atoms with Crippen LogP contribution in [-0.2, 0) is 20.1 Å². The number of rotatable bonds is 6. The quantitative estimate of drug-likeness (QED) is 0.879. The first-order valence-corrected chi connectivity index (χ1v) is 7.03. The molecule has 0 saturated carbocycles. The zero-order valence-corrected chi connectivity index (χ0v) is 12.7. The standard InChI is InChI=1S/C16H23N3O/c1-5-20-15-8-6-7-14(9-15)10-17-11-16-12(2)18-19(4)13(16)3/h6-9,17H,5,10-11H2,1-4H3. The van der Waals surface area contributed by atoms with Crippen LogP contribution >= 0.6 is 0 Å². The summed E-state index contributed by atoms with van der Waals surface area (Å²) in [6.45, 7) is 8.52. The molecule has 1 heterocycles. The molecule has 0 spiro atoms. The van der Waals surface area contributed by atoms with Crippen molar-refractivity contribution < 1.29 is 4.74 Å². The van der Waals surface area contributed by atoms with E-state index in [0.29, 0.717) is 6.61 Å². The number of hydrogen-bond donors (Lipinski definition) is 1. The minimum atomic E-state index is 0.699. The Bertz CT molecular complexity index is 575. The summed E-state index contributed by atoms with van der Waals surface area (Å²) in [5.41, 5.74) is 4.84. The van der Waals surface area contributed by atoms with Gasteiger partial charge in [0.25, 0.3) is 0 Å². The maximum Gasteiger partial charge on any atom is 0.119 e. The predicted octanol–water partition coefficient (Wildman–Crippen LogP) is 2.73. The van der Waals surface area contributed by atoms with Crippen molar-refractivity contribution in [2.75, 3.05) is 6.61 Å². The molecule has 1 aromatic heterocycles. The summed E-state index contributed by atoms with van der Waals surface area (Å²) >= 11 is 0. The molecule has 0 unspecified atom stereocenters. The Labute approximate surface area is 120 Å². The third-order valence-corrected chi connectivity index (χ3v) is 3.50. The van der Waals surface area contributed by atoms with Crippen molar-refractivity contribution in [2.45, 2.75) is 33.9 Å². The van der Waals surface area contributed by atoms with Gasteiger partial charge in [0, 0.05) is 31.4 Å². The van der Waals surface area contributed by atoms with Crippen LogP contribution in [0.15, 0.2) is 24.3 Å². The lowest BCUT2D eigenvalue weighted by Gasteiger charge is -2.08. The predicted molar refractivity (Wildman–Crippen MR) is 80.8 cm³/mol. The highest BCUT2D eigenvalue weighted by atomic mass is 16.5. The second-order valence-electron chi connectivity index (χ2n) is 4.96. The molecular weight excluding hydrogens is 250 g/mol. The third-order valence-electron chi connectivity index (χ3n) is 3.50. The lowest BCUT2D eigenvalue weighted by Crippen LogP contribution is -2.14. The molecule has 1 aromatic carbocycles. The van der Waals surface area contributed by atoms with E-state index >= 15 is 0 Å². The first-order chi connectivity index (χ1) is 9.61. The number of nitrogens with one attached hydrogen (secondary N) is 1. The molecule has 1 N–H and O–H groups in total. The monoisotopic (exact) mass is 273 g/mol. The third kappa shape index (κ3) is 3.39. The van der Waals surface area contributed by atoms with Gasteiger partial charge in [0.2, 0.25) is 0 Å². The molecule has 20 heavy (non-hydrogen) atoms. The summed E-state index contributed by atoms with van der Waals surface area (Å²) in [6.07, 6.45) is 0. The van der Waals surface area contributed by atoms with Crippen molar-refractivity contribution in [1.29, 1.82) is 0 Å². The zero-order chi connectivity index (χ0) is 14.5. The summed E-state index contributed by atoms with van der Waals surface area (Å²) in [5.74, 6) is 0.931. The number of nitrogens with zero attached hydrogens (tertiary/aromatic N) is 2. The normalized spacial score (nSPS) is 10.8. The smallest absolute Gasteiger partial charge is 0.119 e. The lowest BCUT2D eigenvalue weighted by atomic mass is 10.2. The van der Waals surface area contributed by atoms with Gasteiger partial charge in [-0.3, -0.25) is 4.68 Å². The Morgan fingerprint density at radius 3 is 2.70 bits per heavy atom. The van der Waals surface area contributed by atoms with Crippen LogP contribution in [0.25, 0.3) is 0 Å². The van der Waals surface area contributed by atoms with E-state index in [1.807, 2.05) is 30.8 Å². The highest BCUT2D eigenvalue weighted by molar-refractivity contribution is 5.29. The van der Waals surface area contributed by atoms with E-state index in [1.54, 1.807) is 0 Å². The van der Waals surface area contributed by atoms with Crippen molar-refractivity contribution in [1.82, 2.24) is 15.1 Å². The number of benzene rings is 1. The maximum atomic E-state index is 5.51. The Kier molecular flexibility index (Phi) is 4.79. The van der Waals surface area contributed by atoms with Crippen LogP contribution in [0.5, 0.6) is 5.75 Å². The Morgan fingerprint density at radius 1 is 1.25 bits per heavy atom. The fraction of sp³-hybridized carbons (Fsp3) is 0.438. The second-order valence-corrected chi connectivity index (χ2v) is 4.96. The Morgan fingerprint density at radius 2 is 2.05 bits per heavy atom. The van der Waals surface area contributed by atoms with Crippen LogP contribution in [0.1, 0.15) is 29.4 Å². The largest absolute Gasteiger partial charge is 0.494 e. The van der Waals surface area contributed by atoms with Crippen LogP contribution in [0.2, 0.25) is 0 Å². The molecule has 0 aliphatic rings. The number of aryl methyl sites for hydroxylation is 2. The summed E-state index contributed by atoms with van der Waals surface area (Å²) in [4.78, 5) is 0. The number of hydrogen-bond acceptors (Lipinski definition) is 3. The molecule has 0 amide bonds. The summed E-state index contributed by atoms with van der Waals surface area (Å²) in [5, 5.41) is 7.90. The van der Waals surface area contributed by atoms with Crippen molar-refractivity contribution >= 4 is 0 Å². The van der Waals surface area contributed by atoms with E-state index in [-0.39, 0.29) is 0 Å². The molecule has 108 valence electrons. The van der Waals surface area contributed by atoms with Gasteiger partial charge in [0.05, 0.1) is 12.3 Å². The molecular formula is C16H23N3O. The maximum absolute atomic E-state index is 5.51. The SMILES string of the molecule is CCOc1cccc(CNCc2c(C)nn(C)c2C)c1. The van der Waals surface area contributed by atoms with Gasteiger partial charge in [0.1, 0.15) is 5.75 Å². The van der Waals surface area contributed by atoms with Gasteiger partial charge in [-0.1, -0.05) is 12.1 Å². The molecule has 2 aromatic rings. The molecule has 0 saturated heterocycles. The van der Waals surface area contributed by atoms with Crippen LogP contribution in [0.4, 0.5) is 0 Å². The van der Waals surface area contributed by atoms with Crippen LogP contribution in [0.3, 0.4) is 0 Å². The molecule has 4 heteroatoms. The molecule has 0 fully saturated rings. The fourth-order valence-electron chi connectivity index (χ4n) is 2.32. The van der Waals surface area contributed by atoms with Crippen LogP contribution in [-0.4, -0.2) is 16.4 Å². The molecule has 0 bridgehead atoms. The van der Waals surface area contributed by atoms with Gasteiger partial charge in [-0.25, -0.2) is 0 Å². The van der Waals surface area contributed by atoms with Gasteiger partial charge in [-0.05, 0) is 38.5 Å². The van der Waals surface area contributed by atoms with Crippen LogP contribution in [0, 0.1) is 13.8 Å². The lowest BCUT2D eigenvalue weighted by molar-refractivity contribution is 0.340. The first-order valence-electron chi connectivity index (χ1n) is 7.03. The van der Waals surface area contributed by atoms with Gasteiger partial charge in [0.15, 0.2) is 0 Å². The fourth-order valence-corrected chi connectivity index (χ4v) is 2.32. The minimum Gasteiger partial charge on any atom is -0.494 e. The van der Waals surface area contributed by atoms with E-state index in [2.05, 4.69) is 36.4 Å². The summed E-state index contributed by atoms with van der Waals surface area (Å²) in [7, 11) is 1.98. The zero-order valence-electron chi connectivity index (χ0n) is 12.7. The van der Waals surface area contributed by atoms with E-state index in [0.717, 1.165) is 24.5 Å². The molecule has 0 atom stereocenters. The van der Waals surface area contributed by atoms with Gasteiger partial charge in [-0.2, -0.15) is 5.10 Å². The molecule has 2 rings (SSSR count). The van der Waals surface area contributed by atoms with E-state index < -0.39 is 0 Å². The average molecular weight is 273 g/mol. The van der Waals surface area contributed by atoms with Gasteiger partial charge < -0.3 is 10.1 Å². The highest BCUT2D eigenvalue weighted by Crippen LogP contribution is 2.14. The molecule has 0 aliphatic carbocycles. The second kappa shape index (κ2) is 6.57. The van der Waals surface area contributed by atoms with Crippen molar-refractivity contribution in [2.24, 2.45) is 7.05 Å². The van der Waals surface area contributed by atoms with Crippen LogP contribution < -0.4 is 10.1 Å². The molecule has 0 aliphatic heterocycles. The Balaban J connectivity index is 1.94. The van der Waals surface area contributed by atoms with Crippen molar-refractivity contribution in [3.63, 3.8) is 0 Å². The average Bonchev–Trinajstić information content (AvgIpc) is 2.66. The number of aromatic nitrogens is 2. The number of ether oxygens (including phenoxy) is 1. The Hall–Kier alpha value is -1.81. The summed E-state index contributed by atoms with van der Waals surface area (Å²) < 4.78 is 7.44. The van der Waals surface area contributed by atoms with E-state index in [9.17, 15) is 0 Å². The van der Waals surface area contributed by atoms with E-state index in [4.69, 9.17) is 4.74 Å². The highest BCUT2D eigenvalue weighted by Gasteiger charge is 2.08. The van der Waals surface area contributed by atoms with Gasteiger partial charge in [-0.15, -0.1) is 0 Å². The topological polar surface area (TPSA) is 39.1 Å². The van der Waals surface area contributed by atoms with Crippen molar-refractivity contribution in [3.05, 3.63) is 46.8 Å². The van der Waals surface area contributed by atoms with E-state index in [1.165, 1.54) is 16.8 Å². The first kappa shape index (κ1) is 14.6. The molecule has 4 nitrogen and oxygen atoms in total. The minimum absolute atomic E-state index is 0.699.